The molecule has 1 rings (SSSR count). The minimum absolute atomic E-state index is 0.0844. The van der Waals surface area contributed by atoms with E-state index >= 15 is 0 Å². The maximum Gasteiger partial charge on any atom is 0.407 e. The molecule has 1 heterocycles. The fourth-order valence-electron chi connectivity index (χ4n) is 2.27. The lowest BCUT2D eigenvalue weighted by Crippen LogP contribution is -2.43. The van der Waals surface area contributed by atoms with Crippen molar-refractivity contribution < 1.29 is 28.5 Å². The van der Waals surface area contributed by atoms with Crippen molar-refractivity contribution in [3.05, 3.63) is 0 Å². The zero-order chi connectivity index (χ0) is 18.0. The summed E-state index contributed by atoms with van der Waals surface area (Å²) in [5.74, 6) is -0.363. The van der Waals surface area contributed by atoms with Crippen LogP contribution in [0.4, 0.5) is 4.79 Å². The van der Waals surface area contributed by atoms with Crippen molar-refractivity contribution in [2.75, 3.05) is 46.6 Å². The van der Waals surface area contributed by atoms with E-state index in [0.29, 0.717) is 39.4 Å². The first-order valence-corrected chi connectivity index (χ1v) is 8.26. The summed E-state index contributed by atoms with van der Waals surface area (Å²) in [6.07, 6.45) is -0.215. The Hall–Kier alpha value is -1.38. The van der Waals surface area contributed by atoms with Gasteiger partial charge in [-0.1, -0.05) is 0 Å². The van der Waals surface area contributed by atoms with E-state index in [0.717, 1.165) is 0 Å². The molecule has 0 aromatic carbocycles. The molecule has 1 fully saturated rings. The van der Waals surface area contributed by atoms with Crippen molar-refractivity contribution in [1.82, 2.24) is 10.6 Å². The lowest BCUT2D eigenvalue weighted by Gasteiger charge is -2.22. The van der Waals surface area contributed by atoms with Crippen molar-refractivity contribution in [2.45, 2.75) is 38.9 Å². The van der Waals surface area contributed by atoms with E-state index in [2.05, 4.69) is 10.6 Å². The number of nitrogens with one attached hydrogen (secondary N) is 2. The lowest BCUT2D eigenvalue weighted by atomic mass is 10.0. The number of hydrogen-bond donors (Lipinski definition) is 2. The molecule has 0 aromatic rings. The molecule has 8 nitrogen and oxygen atoms in total. The van der Waals surface area contributed by atoms with E-state index in [1.165, 1.54) is 0 Å². The van der Waals surface area contributed by atoms with Crippen LogP contribution < -0.4 is 10.6 Å². The third-order valence-corrected chi connectivity index (χ3v) is 3.37. The first kappa shape index (κ1) is 20.7. The van der Waals surface area contributed by atoms with Crippen LogP contribution in [0.25, 0.3) is 0 Å². The molecule has 0 spiro atoms. The zero-order valence-corrected chi connectivity index (χ0v) is 15.1. The van der Waals surface area contributed by atoms with Gasteiger partial charge >= 0.3 is 6.09 Å². The van der Waals surface area contributed by atoms with E-state index in [1.54, 1.807) is 27.9 Å². The summed E-state index contributed by atoms with van der Waals surface area (Å²) in [6, 6.07) is 0. The molecular weight excluding hydrogens is 316 g/mol. The van der Waals surface area contributed by atoms with Crippen molar-refractivity contribution in [3.63, 3.8) is 0 Å². The third kappa shape index (κ3) is 8.47. The van der Waals surface area contributed by atoms with Gasteiger partial charge in [-0.2, -0.15) is 0 Å². The van der Waals surface area contributed by atoms with Gasteiger partial charge in [0.25, 0.3) is 0 Å². The van der Waals surface area contributed by atoms with Crippen molar-refractivity contribution in [3.8, 4) is 0 Å². The highest BCUT2D eigenvalue weighted by Gasteiger charge is 2.34. The second kappa shape index (κ2) is 10.5. The third-order valence-electron chi connectivity index (χ3n) is 3.37. The molecule has 0 saturated carbocycles. The quantitative estimate of drug-likeness (QED) is 0.597. The molecule has 140 valence electrons. The first-order valence-electron chi connectivity index (χ1n) is 8.26. The Morgan fingerprint density at radius 2 is 1.92 bits per heavy atom. The van der Waals surface area contributed by atoms with Gasteiger partial charge in [-0.05, 0) is 27.2 Å². The monoisotopic (exact) mass is 346 g/mol. The number of hydrogen-bond acceptors (Lipinski definition) is 6. The maximum absolute atomic E-state index is 12.2. The van der Waals surface area contributed by atoms with Gasteiger partial charge < -0.3 is 29.6 Å². The summed E-state index contributed by atoms with van der Waals surface area (Å²) in [5.41, 5.74) is -0.555. The SMILES string of the molecule is COCCOCCNC(=O)[C@H]1CCO[C@@H]1CNC(=O)OC(C)(C)C. The largest absolute Gasteiger partial charge is 0.444 e. The normalized spacial score (nSPS) is 20.7. The Labute approximate surface area is 143 Å². The smallest absolute Gasteiger partial charge is 0.407 e. The zero-order valence-electron chi connectivity index (χ0n) is 15.1. The minimum Gasteiger partial charge on any atom is -0.444 e. The van der Waals surface area contributed by atoms with Crippen molar-refractivity contribution >= 4 is 12.0 Å². The van der Waals surface area contributed by atoms with Gasteiger partial charge in [-0.25, -0.2) is 4.79 Å². The summed E-state index contributed by atoms with van der Waals surface area (Å²) in [4.78, 5) is 23.9. The fourth-order valence-corrected chi connectivity index (χ4v) is 2.27. The molecule has 0 bridgehead atoms. The van der Waals surface area contributed by atoms with Crippen molar-refractivity contribution in [1.29, 1.82) is 0 Å². The Balaban J connectivity index is 2.26. The van der Waals surface area contributed by atoms with Gasteiger partial charge in [0.05, 0.1) is 31.8 Å². The van der Waals surface area contributed by atoms with Crippen LogP contribution >= 0.6 is 0 Å². The van der Waals surface area contributed by atoms with Crippen LogP contribution in [0.2, 0.25) is 0 Å². The summed E-state index contributed by atoms with van der Waals surface area (Å²) >= 11 is 0. The molecule has 8 heteroatoms. The Morgan fingerprint density at radius 1 is 1.17 bits per heavy atom. The molecule has 0 radical (unpaired) electrons. The summed E-state index contributed by atoms with van der Waals surface area (Å²) in [7, 11) is 1.61. The van der Waals surface area contributed by atoms with Crippen LogP contribution in [-0.4, -0.2) is 70.3 Å². The second-order valence-electron chi connectivity index (χ2n) is 6.58. The van der Waals surface area contributed by atoms with Gasteiger partial charge in [0.15, 0.2) is 0 Å². The van der Waals surface area contributed by atoms with Gasteiger partial charge in [0.2, 0.25) is 5.91 Å². The van der Waals surface area contributed by atoms with Crippen LogP contribution in [0.5, 0.6) is 0 Å². The van der Waals surface area contributed by atoms with Gasteiger partial charge in [0, 0.05) is 26.8 Å². The predicted octanol–water partition coefficient (Wildman–Crippen LogP) is 0.695. The maximum atomic E-state index is 12.2. The van der Waals surface area contributed by atoms with Crippen LogP contribution in [0.15, 0.2) is 0 Å². The number of rotatable bonds is 9. The Bertz CT molecular complexity index is 397. The van der Waals surface area contributed by atoms with Gasteiger partial charge in [0.1, 0.15) is 5.60 Å². The van der Waals surface area contributed by atoms with Crippen LogP contribution in [0.3, 0.4) is 0 Å². The van der Waals surface area contributed by atoms with E-state index in [4.69, 9.17) is 18.9 Å². The molecule has 2 atom stereocenters. The minimum atomic E-state index is -0.555. The predicted molar refractivity (Wildman–Crippen MR) is 87.8 cm³/mol. The standard InChI is InChI=1S/C16H30N2O6/c1-16(2,3)24-15(20)18-11-13-12(5-7-23-13)14(19)17-6-8-22-10-9-21-4/h12-13H,5-11H2,1-4H3,(H,17,19)(H,18,20)/t12-,13+/m0/s1. The molecule has 0 aliphatic carbocycles. The lowest BCUT2D eigenvalue weighted by molar-refractivity contribution is -0.126. The number of carbonyl (C=O) groups excluding carboxylic acids is 2. The van der Waals surface area contributed by atoms with E-state index < -0.39 is 11.7 Å². The van der Waals surface area contributed by atoms with Crippen molar-refractivity contribution in [2.24, 2.45) is 5.92 Å². The highest BCUT2D eigenvalue weighted by Crippen LogP contribution is 2.20. The number of carbonyl (C=O) groups is 2. The van der Waals surface area contributed by atoms with E-state index in [-0.39, 0.29) is 24.5 Å². The average Bonchev–Trinajstić information content (AvgIpc) is 2.95. The topological polar surface area (TPSA) is 95.1 Å². The van der Waals surface area contributed by atoms with Gasteiger partial charge in [-0.15, -0.1) is 0 Å². The highest BCUT2D eigenvalue weighted by molar-refractivity contribution is 5.79. The molecule has 1 aliphatic heterocycles. The number of methoxy groups -OCH3 is 1. The molecule has 2 N–H and O–H groups in total. The number of ether oxygens (including phenoxy) is 4. The number of amides is 2. The molecular formula is C16H30N2O6. The van der Waals surface area contributed by atoms with Crippen LogP contribution in [0, 0.1) is 5.92 Å². The summed E-state index contributed by atoms with van der Waals surface area (Å²) in [5, 5.41) is 5.48. The second-order valence-corrected chi connectivity index (χ2v) is 6.58. The molecule has 2 amide bonds. The van der Waals surface area contributed by atoms with Gasteiger partial charge in [-0.3, -0.25) is 4.79 Å². The van der Waals surface area contributed by atoms with Crippen LogP contribution in [-0.2, 0) is 23.7 Å². The molecule has 1 aliphatic rings. The summed E-state index contributed by atoms with van der Waals surface area (Å²) in [6.45, 7) is 8.04. The highest BCUT2D eigenvalue weighted by atomic mass is 16.6. The molecule has 1 saturated heterocycles. The molecule has 0 unspecified atom stereocenters. The fraction of sp³-hybridized carbons (Fsp3) is 0.875. The molecule has 0 aromatic heterocycles. The first-order chi connectivity index (χ1) is 11.3. The molecule has 24 heavy (non-hydrogen) atoms. The van der Waals surface area contributed by atoms with E-state index in [9.17, 15) is 9.59 Å². The Morgan fingerprint density at radius 3 is 2.58 bits per heavy atom. The summed E-state index contributed by atoms with van der Waals surface area (Å²) < 4.78 is 20.9. The average molecular weight is 346 g/mol. The number of alkyl carbamates (subject to hydrolysis) is 1. The van der Waals surface area contributed by atoms with E-state index in [1.807, 2.05) is 0 Å². The Kier molecular flexibility index (Phi) is 9.02. The van der Waals surface area contributed by atoms with Crippen LogP contribution in [0.1, 0.15) is 27.2 Å².